The van der Waals surface area contributed by atoms with Gasteiger partial charge in [0.05, 0.1) is 5.56 Å². The zero-order valence-electron chi connectivity index (χ0n) is 15.4. The van der Waals surface area contributed by atoms with E-state index >= 15 is 0 Å². The minimum Gasteiger partial charge on any atom is -0.451 e. The number of thiophene rings is 1. The van der Waals surface area contributed by atoms with Crippen molar-refractivity contribution in [3.63, 3.8) is 0 Å². The Morgan fingerprint density at radius 1 is 1.39 bits per heavy atom. The molecule has 2 N–H and O–H groups in total. The highest BCUT2D eigenvalue weighted by Crippen LogP contribution is 2.39. The van der Waals surface area contributed by atoms with Crippen molar-refractivity contribution >= 4 is 39.1 Å². The molecule has 0 saturated carbocycles. The van der Waals surface area contributed by atoms with E-state index in [1.165, 1.54) is 16.2 Å². The topological polar surface area (TPSA) is 95.0 Å². The van der Waals surface area contributed by atoms with E-state index in [1.807, 2.05) is 24.3 Å². The number of nitrogens with one attached hydrogen (secondary N) is 2. The van der Waals surface area contributed by atoms with Crippen LogP contribution >= 0.6 is 11.3 Å². The third-order valence-electron chi connectivity index (χ3n) is 4.96. The predicted molar refractivity (Wildman–Crippen MR) is 107 cm³/mol. The summed E-state index contributed by atoms with van der Waals surface area (Å²) in [6, 6.07) is 11.4. The van der Waals surface area contributed by atoms with Crippen molar-refractivity contribution in [1.29, 1.82) is 5.26 Å². The molecular weight excluding hydrogens is 374 g/mol. The van der Waals surface area contributed by atoms with E-state index in [1.54, 1.807) is 6.07 Å². The van der Waals surface area contributed by atoms with Crippen LogP contribution in [0.3, 0.4) is 0 Å². The quantitative estimate of drug-likeness (QED) is 0.655. The Bertz CT molecular complexity index is 1070. The van der Waals surface area contributed by atoms with E-state index in [9.17, 15) is 14.9 Å². The van der Waals surface area contributed by atoms with Crippen LogP contribution in [-0.2, 0) is 22.4 Å². The highest BCUT2D eigenvalue weighted by atomic mass is 32.1. The van der Waals surface area contributed by atoms with E-state index in [0.29, 0.717) is 22.2 Å². The molecule has 1 aromatic carbocycles. The summed E-state index contributed by atoms with van der Waals surface area (Å²) in [5.41, 5.74) is 2.72. The van der Waals surface area contributed by atoms with Crippen molar-refractivity contribution in [2.24, 2.45) is 5.92 Å². The first-order chi connectivity index (χ1) is 13.5. The number of fused-ring (bicyclic) bond motifs is 2. The highest BCUT2D eigenvalue weighted by Gasteiger charge is 2.25. The number of carbonyl (C=O) groups excluding carboxylic acids is 2. The number of H-pyrrole nitrogens is 1. The summed E-state index contributed by atoms with van der Waals surface area (Å²) in [4.78, 5) is 28.6. The Hall–Kier alpha value is -3.11. The van der Waals surface area contributed by atoms with E-state index < -0.39 is 18.5 Å². The lowest BCUT2D eigenvalue weighted by molar-refractivity contribution is -0.119. The van der Waals surface area contributed by atoms with Crippen molar-refractivity contribution < 1.29 is 14.3 Å². The van der Waals surface area contributed by atoms with Crippen LogP contribution in [0.2, 0.25) is 0 Å². The lowest BCUT2D eigenvalue weighted by Gasteiger charge is -2.17. The Balaban J connectivity index is 1.41. The number of aromatic nitrogens is 1. The van der Waals surface area contributed by atoms with Gasteiger partial charge in [0.1, 0.15) is 16.8 Å². The maximum Gasteiger partial charge on any atom is 0.355 e. The summed E-state index contributed by atoms with van der Waals surface area (Å²) in [7, 11) is 0. The van der Waals surface area contributed by atoms with Gasteiger partial charge in [-0.05, 0) is 42.9 Å². The lowest BCUT2D eigenvalue weighted by Crippen LogP contribution is -2.21. The fourth-order valence-electron chi connectivity index (χ4n) is 3.51. The SMILES string of the molecule is C[C@@H]1CCc2c(sc(NC(=O)COC(=O)c3cc4ccccc4[nH]3)c2C#N)C1. The second kappa shape index (κ2) is 7.49. The lowest BCUT2D eigenvalue weighted by atomic mass is 9.89. The van der Waals surface area contributed by atoms with E-state index in [-0.39, 0.29) is 0 Å². The largest absolute Gasteiger partial charge is 0.451 e. The first-order valence-corrected chi connectivity index (χ1v) is 9.96. The van der Waals surface area contributed by atoms with Crippen molar-refractivity contribution in [2.45, 2.75) is 26.2 Å². The number of hydrogen-bond acceptors (Lipinski definition) is 5. The Morgan fingerprint density at radius 2 is 2.21 bits per heavy atom. The molecule has 6 nitrogen and oxygen atoms in total. The molecule has 7 heteroatoms. The summed E-state index contributed by atoms with van der Waals surface area (Å²) < 4.78 is 5.12. The smallest absolute Gasteiger partial charge is 0.355 e. The molecule has 0 fully saturated rings. The van der Waals surface area contributed by atoms with Gasteiger partial charge in [-0.3, -0.25) is 4.79 Å². The zero-order valence-corrected chi connectivity index (χ0v) is 16.2. The van der Waals surface area contributed by atoms with E-state index in [2.05, 4.69) is 23.3 Å². The average Bonchev–Trinajstić information content (AvgIpc) is 3.26. The molecule has 0 saturated heterocycles. The number of amides is 1. The van der Waals surface area contributed by atoms with E-state index in [4.69, 9.17) is 4.74 Å². The van der Waals surface area contributed by atoms with Crippen LogP contribution in [0.4, 0.5) is 5.00 Å². The fraction of sp³-hybridized carbons (Fsp3) is 0.286. The molecule has 0 radical (unpaired) electrons. The molecule has 28 heavy (non-hydrogen) atoms. The maximum absolute atomic E-state index is 12.3. The number of nitrogens with zero attached hydrogens (tertiary/aromatic N) is 1. The van der Waals surface area contributed by atoms with Gasteiger partial charge in [-0.25, -0.2) is 4.79 Å². The monoisotopic (exact) mass is 393 g/mol. The molecule has 3 aromatic rings. The van der Waals surface area contributed by atoms with Crippen molar-refractivity contribution in [1.82, 2.24) is 4.98 Å². The van der Waals surface area contributed by atoms with E-state index in [0.717, 1.165) is 35.7 Å². The number of benzene rings is 1. The molecule has 1 amide bonds. The van der Waals surface area contributed by atoms with Gasteiger partial charge in [-0.1, -0.05) is 25.1 Å². The molecule has 142 valence electrons. The summed E-state index contributed by atoms with van der Waals surface area (Å²) in [5.74, 6) is -0.461. The number of carbonyl (C=O) groups is 2. The summed E-state index contributed by atoms with van der Waals surface area (Å²) >= 11 is 1.45. The third kappa shape index (κ3) is 3.51. The van der Waals surface area contributed by atoms with Gasteiger partial charge in [-0.2, -0.15) is 5.26 Å². The number of nitriles is 1. The molecular formula is C21H19N3O3S. The summed E-state index contributed by atoms with van der Waals surface area (Å²) in [6.45, 7) is 1.79. The van der Waals surface area contributed by atoms with Crippen molar-refractivity contribution in [3.8, 4) is 6.07 Å². The van der Waals surface area contributed by atoms with Gasteiger partial charge >= 0.3 is 5.97 Å². The molecule has 2 aromatic heterocycles. The molecule has 4 rings (SSSR count). The number of para-hydroxylation sites is 1. The van der Waals surface area contributed by atoms with Crippen LogP contribution < -0.4 is 5.32 Å². The normalized spacial score (nSPS) is 15.6. The number of esters is 1. The van der Waals surface area contributed by atoms with Gasteiger partial charge in [0.2, 0.25) is 0 Å². The second-order valence-corrected chi connectivity index (χ2v) is 8.17. The standard InChI is InChI=1S/C21H19N3O3S/c1-12-6-7-14-15(10-22)20(28-18(14)8-12)24-19(25)11-27-21(26)17-9-13-4-2-3-5-16(13)23-17/h2-5,9,12,23H,6-8,11H2,1H3,(H,24,25)/t12-/m1/s1. The molecule has 0 bridgehead atoms. The highest BCUT2D eigenvalue weighted by molar-refractivity contribution is 7.16. The van der Waals surface area contributed by atoms with Gasteiger partial charge < -0.3 is 15.0 Å². The molecule has 1 atom stereocenters. The van der Waals surface area contributed by atoms with Crippen LogP contribution in [0.15, 0.2) is 30.3 Å². The van der Waals surface area contributed by atoms with Gasteiger partial charge in [0, 0.05) is 15.8 Å². The number of aromatic amines is 1. The minimum atomic E-state index is -0.592. The molecule has 0 aliphatic heterocycles. The Kier molecular flexibility index (Phi) is 4.88. The molecule has 0 spiro atoms. The van der Waals surface area contributed by atoms with Crippen molar-refractivity contribution in [3.05, 3.63) is 52.0 Å². The van der Waals surface area contributed by atoms with Crippen LogP contribution in [0.5, 0.6) is 0 Å². The van der Waals surface area contributed by atoms with Gasteiger partial charge in [-0.15, -0.1) is 11.3 Å². The average molecular weight is 393 g/mol. The molecule has 2 heterocycles. The molecule has 0 unspecified atom stereocenters. The number of hydrogen-bond donors (Lipinski definition) is 2. The van der Waals surface area contributed by atoms with Crippen LogP contribution in [0, 0.1) is 17.2 Å². The second-order valence-electron chi connectivity index (χ2n) is 7.06. The van der Waals surface area contributed by atoms with Crippen molar-refractivity contribution in [2.75, 3.05) is 11.9 Å². The first-order valence-electron chi connectivity index (χ1n) is 9.14. The van der Waals surface area contributed by atoms with Crippen LogP contribution in [-0.4, -0.2) is 23.5 Å². The summed E-state index contributed by atoms with van der Waals surface area (Å²) in [5, 5.41) is 13.7. The predicted octanol–water partition coefficient (Wildman–Crippen LogP) is 4.02. The van der Waals surface area contributed by atoms with Gasteiger partial charge in [0.15, 0.2) is 6.61 Å². The number of rotatable bonds is 4. The maximum atomic E-state index is 12.3. The first kappa shape index (κ1) is 18.3. The molecule has 1 aliphatic carbocycles. The number of ether oxygens (including phenoxy) is 1. The Labute approximate surface area is 166 Å². The minimum absolute atomic E-state index is 0.298. The zero-order chi connectivity index (χ0) is 19.7. The third-order valence-corrected chi connectivity index (χ3v) is 6.13. The van der Waals surface area contributed by atoms with Crippen LogP contribution in [0.25, 0.3) is 10.9 Å². The van der Waals surface area contributed by atoms with Gasteiger partial charge in [0.25, 0.3) is 5.91 Å². The number of anilines is 1. The Morgan fingerprint density at radius 3 is 3.00 bits per heavy atom. The fourth-order valence-corrected chi connectivity index (χ4v) is 4.89. The van der Waals surface area contributed by atoms with Crippen LogP contribution in [0.1, 0.15) is 39.8 Å². The molecule has 1 aliphatic rings. The summed E-state index contributed by atoms with van der Waals surface area (Å²) in [6.07, 6.45) is 2.84.